The first-order valence-corrected chi connectivity index (χ1v) is 7.66. The van der Waals surface area contributed by atoms with Gasteiger partial charge in [-0.05, 0) is 44.2 Å². The summed E-state index contributed by atoms with van der Waals surface area (Å²) in [6.45, 7) is 4.54. The van der Waals surface area contributed by atoms with Crippen LogP contribution in [-0.2, 0) is 0 Å². The molecule has 1 aromatic carbocycles. The number of rotatable bonds is 5. The number of furan rings is 1. The van der Waals surface area contributed by atoms with Gasteiger partial charge in [0.15, 0.2) is 0 Å². The number of halogens is 1. The number of hydrogen-bond acceptors (Lipinski definition) is 4. The number of ether oxygens (including phenoxy) is 1. The predicted octanol–water partition coefficient (Wildman–Crippen LogP) is 5.57. The Labute approximate surface area is 139 Å². The molecular formula is C18H17ClN2O2. The molecule has 0 amide bonds. The van der Waals surface area contributed by atoms with Gasteiger partial charge in [0, 0.05) is 18.0 Å². The highest BCUT2D eigenvalue weighted by atomic mass is 35.5. The van der Waals surface area contributed by atoms with E-state index in [1.54, 1.807) is 18.5 Å². The monoisotopic (exact) mass is 328 g/mol. The third-order valence-corrected chi connectivity index (χ3v) is 3.62. The average molecular weight is 329 g/mol. The molecule has 0 fully saturated rings. The minimum absolute atomic E-state index is 0.487. The van der Waals surface area contributed by atoms with Gasteiger partial charge in [-0.15, -0.1) is 0 Å². The molecule has 0 aliphatic heterocycles. The van der Waals surface area contributed by atoms with Crippen molar-refractivity contribution < 1.29 is 9.15 Å². The Bertz CT molecular complexity index is 851. The molecule has 3 rings (SSSR count). The summed E-state index contributed by atoms with van der Waals surface area (Å²) in [7, 11) is 0. The lowest BCUT2D eigenvalue weighted by Crippen LogP contribution is -1.97. The second-order valence-corrected chi connectivity index (χ2v) is 5.76. The highest BCUT2D eigenvalue weighted by Gasteiger charge is 2.07. The van der Waals surface area contributed by atoms with E-state index in [9.17, 15) is 0 Å². The third-order valence-electron chi connectivity index (χ3n) is 3.30. The molecule has 1 N–H and O–H groups in total. The molecule has 0 aliphatic carbocycles. The number of hydrogen-bond donors (Lipinski definition) is 1. The molecule has 0 bridgehead atoms. The molecule has 0 spiro atoms. The standard InChI is InChI=1S/C18H17ClN2O2/c1-12(2)6-9-23-17-11-13(3-4-15(17)19)21-18-14-7-10-22-16(14)5-8-20-18/h3-8,10-11H,9H2,1-2H3,(H,20,21). The summed E-state index contributed by atoms with van der Waals surface area (Å²) < 4.78 is 11.1. The van der Waals surface area contributed by atoms with Crippen LogP contribution in [0.5, 0.6) is 5.75 Å². The van der Waals surface area contributed by atoms with Crippen LogP contribution in [-0.4, -0.2) is 11.6 Å². The SMILES string of the molecule is CC(C)=CCOc1cc(Nc2nccc3occc23)ccc1Cl. The summed E-state index contributed by atoms with van der Waals surface area (Å²) in [5.74, 6) is 1.36. The van der Waals surface area contributed by atoms with E-state index >= 15 is 0 Å². The van der Waals surface area contributed by atoms with Gasteiger partial charge in [0.25, 0.3) is 0 Å². The van der Waals surface area contributed by atoms with Gasteiger partial charge in [-0.1, -0.05) is 17.2 Å². The Morgan fingerprint density at radius 2 is 2.17 bits per heavy atom. The van der Waals surface area contributed by atoms with Crippen LogP contribution in [0.2, 0.25) is 5.02 Å². The van der Waals surface area contributed by atoms with Gasteiger partial charge in [-0.25, -0.2) is 4.98 Å². The summed E-state index contributed by atoms with van der Waals surface area (Å²) in [5, 5.41) is 4.78. The number of aromatic nitrogens is 1. The quantitative estimate of drug-likeness (QED) is 0.622. The zero-order valence-corrected chi connectivity index (χ0v) is 13.7. The first-order chi connectivity index (χ1) is 11.1. The van der Waals surface area contributed by atoms with Gasteiger partial charge in [0.2, 0.25) is 0 Å². The van der Waals surface area contributed by atoms with Gasteiger partial charge in [-0.3, -0.25) is 0 Å². The van der Waals surface area contributed by atoms with Crippen LogP contribution in [0.15, 0.2) is 58.9 Å². The Kier molecular flexibility index (Phi) is 4.53. The summed E-state index contributed by atoms with van der Waals surface area (Å²) >= 11 is 6.19. The molecule has 0 saturated heterocycles. The van der Waals surface area contributed by atoms with Gasteiger partial charge in [0.1, 0.15) is 23.8 Å². The highest BCUT2D eigenvalue weighted by Crippen LogP contribution is 2.31. The third kappa shape index (κ3) is 3.66. The van der Waals surface area contributed by atoms with Crippen molar-refractivity contribution in [2.45, 2.75) is 13.8 Å². The van der Waals surface area contributed by atoms with Crippen LogP contribution in [0.1, 0.15) is 13.8 Å². The molecule has 0 unspecified atom stereocenters. The van der Waals surface area contributed by atoms with E-state index in [0.29, 0.717) is 17.4 Å². The molecule has 4 nitrogen and oxygen atoms in total. The maximum Gasteiger partial charge on any atom is 0.141 e. The lowest BCUT2D eigenvalue weighted by Gasteiger charge is -2.10. The van der Waals surface area contributed by atoms with Gasteiger partial charge in [-0.2, -0.15) is 0 Å². The van der Waals surface area contributed by atoms with Crippen LogP contribution >= 0.6 is 11.6 Å². The van der Waals surface area contributed by atoms with Crippen LogP contribution in [0.25, 0.3) is 11.0 Å². The Balaban J connectivity index is 1.83. The summed E-state index contributed by atoms with van der Waals surface area (Å²) in [6, 6.07) is 9.26. The van der Waals surface area contributed by atoms with E-state index in [-0.39, 0.29) is 0 Å². The molecular weight excluding hydrogens is 312 g/mol. The van der Waals surface area contributed by atoms with Crippen molar-refractivity contribution in [1.29, 1.82) is 0 Å². The number of nitrogens with zero attached hydrogens (tertiary/aromatic N) is 1. The number of fused-ring (bicyclic) bond motifs is 1. The molecule has 0 atom stereocenters. The number of allylic oxidation sites excluding steroid dienone is 1. The maximum absolute atomic E-state index is 6.19. The highest BCUT2D eigenvalue weighted by molar-refractivity contribution is 6.32. The minimum atomic E-state index is 0.487. The maximum atomic E-state index is 6.19. The molecule has 3 aromatic rings. The first-order valence-electron chi connectivity index (χ1n) is 7.28. The van der Waals surface area contributed by atoms with Crippen molar-refractivity contribution in [2.75, 3.05) is 11.9 Å². The largest absolute Gasteiger partial charge is 0.488 e. The topological polar surface area (TPSA) is 47.3 Å². The Morgan fingerprint density at radius 3 is 3.00 bits per heavy atom. The molecule has 23 heavy (non-hydrogen) atoms. The molecule has 2 aromatic heterocycles. The van der Waals surface area contributed by atoms with Crippen LogP contribution in [0, 0.1) is 0 Å². The van der Waals surface area contributed by atoms with Crippen molar-refractivity contribution in [3.8, 4) is 5.75 Å². The van der Waals surface area contributed by atoms with E-state index in [1.165, 1.54) is 5.57 Å². The van der Waals surface area contributed by atoms with Crippen molar-refractivity contribution >= 4 is 34.1 Å². The second kappa shape index (κ2) is 6.75. The van der Waals surface area contributed by atoms with Gasteiger partial charge >= 0.3 is 0 Å². The fourth-order valence-electron chi connectivity index (χ4n) is 2.12. The molecule has 0 radical (unpaired) electrons. The van der Waals surface area contributed by atoms with Crippen molar-refractivity contribution in [1.82, 2.24) is 4.98 Å². The van der Waals surface area contributed by atoms with Gasteiger partial charge in [0.05, 0.1) is 16.7 Å². The van der Waals surface area contributed by atoms with Crippen LogP contribution in [0.4, 0.5) is 11.5 Å². The first kappa shape index (κ1) is 15.4. The smallest absolute Gasteiger partial charge is 0.141 e. The second-order valence-electron chi connectivity index (χ2n) is 5.35. The fourth-order valence-corrected chi connectivity index (χ4v) is 2.29. The molecule has 2 heterocycles. The molecule has 0 saturated carbocycles. The lowest BCUT2D eigenvalue weighted by molar-refractivity contribution is 0.362. The molecule has 0 aliphatic rings. The zero-order chi connectivity index (χ0) is 16.2. The lowest BCUT2D eigenvalue weighted by atomic mass is 10.2. The van der Waals surface area contributed by atoms with Crippen LogP contribution < -0.4 is 10.1 Å². The van der Waals surface area contributed by atoms with E-state index in [4.69, 9.17) is 20.8 Å². The predicted molar refractivity (Wildman–Crippen MR) is 93.7 cm³/mol. The van der Waals surface area contributed by atoms with Crippen molar-refractivity contribution in [3.05, 3.63) is 59.5 Å². The number of pyridine rings is 1. The summed E-state index contributed by atoms with van der Waals surface area (Å²) in [5.41, 5.74) is 2.84. The number of anilines is 2. The van der Waals surface area contributed by atoms with Gasteiger partial charge < -0.3 is 14.5 Å². The fraction of sp³-hybridized carbons (Fsp3) is 0.167. The molecule has 118 valence electrons. The zero-order valence-electron chi connectivity index (χ0n) is 13.0. The van der Waals surface area contributed by atoms with E-state index in [0.717, 1.165) is 22.5 Å². The van der Waals surface area contributed by atoms with Crippen molar-refractivity contribution in [2.24, 2.45) is 0 Å². The Morgan fingerprint density at radius 1 is 1.30 bits per heavy atom. The molecule has 5 heteroatoms. The summed E-state index contributed by atoms with van der Waals surface area (Å²) in [6.07, 6.45) is 5.36. The average Bonchev–Trinajstić information content (AvgIpc) is 2.99. The van der Waals surface area contributed by atoms with Crippen molar-refractivity contribution in [3.63, 3.8) is 0 Å². The summed E-state index contributed by atoms with van der Waals surface area (Å²) in [4.78, 5) is 4.36. The number of benzene rings is 1. The Hall–Kier alpha value is -2.46. The minimum Gasteiger partial charge on any atom is -0.488 e. The normalized spacial score (nSPS) is 10.6. The van der Waals surface area contributed by atoms with E-state index in [1.807, 2.05) is 44.2 Å². The number of nitrogens with one attached hydrogen (secondary N) is 1. The van der Waals surface area contributed by atoms with Crippen LogP contribution in [0.3, 0.4) is 0 Å². The van der Waals surface area contributed by atoms with E-state index < -0.39 is 0 Å². The van der Waals surface area contributed by atoms with E-state index in [2.05, 4.69) is 10.3 Å².